The number of halogens is 2. The van der Waals surface area contributed by atoms with E-state index in [2.05, 4.69) is 48.5 Å². The molecular weight excluding hydrogens is 431 g/mol. The van der Waals surface area contributed by atoms with Gasteiger partial charge < -0.3 is 4.57 Å². The van der Waals surface area contributed by atoms with Gasteiger partial charge in [-0.25, -0.2) is 5.43 Å². The lowest BCUT2D eigenvalue weighted by molar-refractivity contribution is 0.848. The van der Waals surface area contributed by atoms with E-state index in [9.17, 15) is 0 Å². The molecule has 6 nitrogen and oxygen atoms in total. The number of hydrogen-bond acceptors (Lipinski definition) is 5. The highest BCUT2D eigenvalue weighted by molar-refractivity contribution is 6.36. The molecule has 5 aromatic rings. The van der Waals surface area contributed by atoms with E-state index in [0.29, 0.717) is 22.5 Å². The number of para-hydroxylation sites is 1. The molecule has 0 fully saturated rings. The van der Waals surface area contributed by atoms with Crippen molar-refractivity contribution in [1.82, 2.24) is 19.7 Å². The molecule has 31 heavy (non-hydrogen) atoms. The van der Waals surface area contributed by atoms with Crippen molar-refractivity contribution in [1.29, 1.82) is 0 Å². The third-order valence-electron chi connectivity index (χ3n) is 4.89. The quantitative estimate of drug-likeness (QED) is 0.274. The molecule has 2 heterocycles. The maximum Gasteiger partial charge on any atom is 0.265 e. The zero-order valence-electron chi connectivity index (χ0n) is 16.2. The zero-order valence-corrected chi connectivity index (χ0v) is 17.7. The van der Waals surface area contributed by atoms with Crippen molar-refractivity contribution < 1.29 is 0 Å². The smallest absolute Gasteiger partial charge is 0.265 e. The van der Waals surface area contributed by atoms with Crippen LogP contribution in [0.25, 0.3) is 22.1 Å². The number of aromatic nitrogens is 4. The summed E-state index contributed by atoms with van der Waals surface area (Å²) in [5.41, 5.74) is 7.29. The molecule has 0 unspecified atom stereocenters. The maximum absolute atomic E-state index is 6.18. The van der Waals surface area contributed by atoms with Crippen LogP contribution in [0, 0.1) is 0 Å². The Balaban J connectivity index is 1.51. The molecule has 0 saturated carbocycles. The van der Waals surface area contributed by atoms with Gasteiger partial charge in [-0.15, -0.1) is 10.2 Å². The summed E-state index contributed by atoms with van der Waals surface area (Å²) in [7, 11) is 0. The Labute approximate surface area is 188 Å². The van der Waals surface area contributed by atoms with E-state index < -0.39 is 0 Å². The Bertz CT molecular complexity index is 1410. The minimum absolute atomic E-state index is 0.297. The van der Waals surface area contributed by atoms with Gasteiger partial charge in [-0.3, -0.25) is 0 Å². The van der Waals surface area contributed by atoms with E-state index in [0.717, 1.165) is 27.6 Å². The highest BCUT2D eigenvalue weighted by Crippen LogP contribution is 2.27. The number of anilines is 1. The van der Waals surface area contributed by atoms with Gasteiger partial charge in [0.1, 0.15) is 5.52 Å². The van der Waals surface area contributed by atoms with Crippen LogP contribution in [0.2, 0.25) is 10.0 Å². The predicted molar refractivity (Wildman–Crippen MR) is 126 cm³/mol. The van der Waals surface area contributed by atoms with Gasteiger partial charge in [-0.05, 0) is 23.8 Å². The molecular formula is C23H16Cl2N6. The summed E-state index contributed by atoms with van der Waals surface area (Å²) >= 11 is 12.1. The molecule has 0 aliphatic carbocycles. The second kappa shape index (κ2) is 8.34. The van der Waals surface area contributed by atoms with Crippen molar-refractivity contribution in [2.75, 3.05) is 5.43 Å². The molecule has 1 N–H and O–H groups in total. The van der Waals surface area contributed by atoms with Crippen molar-refractivity contribution in [3.05, 3.63) is 94.0 Å². The lowest BCUT2D eigenvalue weighted by Crippen LogP contribution is -2.04. The first kappa shape index (κ1) is 19.5. The standard InChI is InChI=1S/C23H16Cl2N6/c24-17-11-10-16(19(25)12-17)13-26-29-23-27-22-21(28-30-23)18-8-4-5-9-20(18)31(22)14-15-6-2-1-3-7-15/h1-13H,14H2,(H,27,29,30)/b26-13+. The number of fused-ring (bicyclic) bond motifs is 3. The van der Waals surface area contributed by atoms with Gasteiger partial charge in [-0.2, -0.15) is 10.1 Å². The van der Waals surface area contributed by atoms with E-state index in [1.807, 2.05) is 36.4 Å². The van der Waals surface area contributed by atoms with Crippen LogP contribution in [0.15, 0.2) is 77.9 Å². The number of benzene rings is 3. The van der Waals surface area contributed by atoms with Crippen molar-refractivity contribution in [2.24, 2.45) is 5.10 Å². The van der Waals surface area contributed by atoms with Crippen LogP contribution in [0.3, 0.4) is 0 Å². The monoisotopic (exact) mass is 446 g/mol. The number of hydrazone groups is 1. The summed E-state index contributed by atoms with van der Waals surface area (Å²) in [5.74, 6) is 0.297. The highest BCUT2D eigenvalue weighted by atomic mass is 35.5. The average molecular weight is 447 g/mol. The summed E-state index contributed by atoms with van der Waals surface area (Å²) < 4.78 is 2.14. The second-order valence-corrected chi connectivity index (χ2v) is 7.78. The molecule has 0 spiro atoms. The number of nitrogens with zero attached hydrogens (tertiary/aromatic N) is 5. The normalized spacial score (nSPS) is 11.5. The molecule has 152 valence electrons. The van der Waals surface area contributed by atoms with Crippen LogP contribution in [-0.4, -0.2) is 26.0 Å². The maximum atomic E-state index is 6.18. The van der Waals surface area contributed by atoms with Crippen molar-refractivity contribution in [3.8, 4) is 0 Å². The summed E-state index contributed by atoms with van der Waals surface area (Å²) in [6.45, 7) is 0.673. The van der Waals surface area contributed by atoms with Crippen molar-refractivity contribution in [2.45, 2.75) is 6.54 Å². The lowest BCUT2D eigenvalue weighted by atomic mass is 10.2. The van der Waals surface area contributed by atoms with E-state index in [4.69, 9.17) is 23.2 Å². The molecule has 3 aromatic carbocycles. The minimum atomic E-state index is 0.297. The second-order valence-electron chi connectivity index (χ2n) is 6.93. The Morgan fingerprint density at radius 1 is 0.935 bits per heavy atom. The molecule has 0 amide bonds. The van der Waals surface area contributed by atoms with Crippen LogP contribution in [-0.2, 0) is 6.54 Å². The van der Waals surface area contributed by atoms with Crippen LogP contribution in [0.5, 0.6) is 0 Å². The van der Waals surface area contributed by atoms with Gasteiger partial charge in [0, 0.05) is 22.5 Å². The summed E-state index contributed by atoms with van der Waals surface area (Å²) in [6, 6.07) is 23.5. The van der Waals surface area contributed by atoms with Gasteiger partial charge in [-0.1, -0.05) is 77.8 Å². The SMILES string of the molecule is Clc1ccc(/C=N/Nc2nnc3c4ccccc4n(Cc4ccccc4)c3n2)c(Cl)c1. The Kier molecular flexibility index (Phi) is 5.24. The van der Waals surface area contributed by atoms with Gasteiger partial charge in [0.25, 0.3) is 5.95 Å². The van der Waals surface area contributed by atoms with Gasteiger partial charge in [0.15, 0.2) is 5.65 Å². The number of rotatable bonds is 5. The Hall–Kier alpha value is -3.48. The fraction of sp³-hybridized carbons (Fsp3) is 0.0435. The fourth-order valence-electron chi connectivity index (χ4n) is 3.44. The molecule has 0 atom stereocenters. The lowest BCUT2D eigenvalue weighted by Gasteiger charge is -2.07. The van der Waals surface area contributed by atoms with E-state index in [-0.39, 0.29) is 0 Å². The summed E-state index contributed by atoms with van der Waals surface area (Å²) in [6.07, 6.45) is 1.59. The molecule has 5 rings (SSSR count). The topological polar surface area (TPSA) is 68.0 Å². The number of hydrogen-bond donors (Lipinski definition) is 1. The van der Waals surface area contributed by atoms with Crippen molar-refractivity contribution in [3.63, 3.8) is 0 Å². The Morgan fingerprint density at radius 2 is 1.74 bits per heavy atom. The van der Waals surface area contributed by atoms with E-state index >= 15 is 0 Å². The summed E-state index contributed by atoms with van der Waals surface area (Å²) in [4.78, 5) is 4.69. The molecule has 0 saturated heterocycles. The van der Waals surface area contributed by atoms with Gasteiger partial charge in [0.2, 0.25) is 0 Å². The molecule has 0 aliphatic heterocycles. The highest BCUT2D eigenvalue weighted by Gasteiger charge is 2.14. The third kappa shape index (κ3) is 3.95. The average Bonchev–Trinajstić information content (AvgIpc) is 3.09. The first-order chi connectivity index (χ1) is 15.2. The van der Waals surface area contributed by atoms with Crippen LogP contribution < -0.4 is 5.43 Å². The first-order valence-electron chi connectivity index (χ1n) is 9.59. The summed E-state index contributed by atoms with van der Waals surface area (Å²) in [5, 5.41) is 14.9. The fourth-order valence-corrected chi connectivity index (χ4v) is 3.90. The minimum Gasteiger partial charge on any atom is -0.319 e. The predicted octanol–water partition coefficient (Wildman–Crippen LogP) is 5.78. The largest absolute Gasteiger partial charge is 0.319 e. The number of nitrogens with one attached hydrogen (secondary N) is 1. The van der Waals surface area contributed by atoms with Crippen LogP contribution in [0.1, 0.15) is 11.1 Å². The molecule has 0 aliphatic rings. The molecule has 0 radical (unpaired) electrons. The van der Waals surface area contributed by atoms with Gasteiger partial charge in [0.05, 0.1) is 16.8 Å². The van der Waals surface area contributed by atoms with Crippen LogP contribution in [0.4, 0.5) is 5.95 Å². The molecule has 2 aromatic heterocycles. The third-order valence-corrected chi connectivity index (χ3v) is 5.45. The van der Waals surface area contributed by atoms with E-state index in [1.165, 1.54) is 5.56 Å². The Morgan fingerprint density at radius 3 is 2.58 bits per heavy atom. The molecule has 8 heteroatoms. The van der Waals surface area contributed by atoms with Crippen LogP contribution >= 0.6 is 23.2 Å². The van der Waals surface area contributed by atoms with Crippen molar-refractivity contribution >= 4 is 57.4 Å². The molecule has 0 bridgehead atoms. The first-order valence-corrected chi connectivity index (χ1v) is 10.3. The van der Waals surface area contributed by atoms with Gasteiger partial charge >= 0.3 is 0 Å². The zero-order chi connectivity index (χ0) is 21.2. The van der Waals surface area contributed by atoms with E-state index in [1.54, 1.807) is 24.4 Å².